The van der Waals surface area contributed by atoms with Crippen molar-refractivity contribution in [2.45, 2.75) is 46.0 Å². The maximum atomic E-state index is 12.3. The highest BCUT2D eigenvalue weighted by molar-refractivity contribution is 7.80. The molecule has 1 amide bonds. The Kier molecular flexibility index (Phi) is 3.19. The molecule has 0 aromatic carbocycles. The van der Waals surface area contributed by atoms with Crippen LogP contribution in [0, 0.1) is 16.7 Å². The van der Waals surface area contributed by atoms with Gasteiger partial charge in [-0.25, -0.2) is 0 Å². The van der Waals surface area contributed by atoms with Gasteiger partial charge in [0.2, 0.25) is 5.91 Å². The summed E-state index contributed by atoms with van der Waals surface area (Å²) in [6.45, 7) is 5.25. The Bertz CT molecular complexity index is 345. The van der Waals surface area contributed by atoms with E-state index in [9.17, 15) is 4.79 Å². The van der Waals surface area contributed by atoms with E-state index in [4.69, 9.17) is 18.0 Å². The monoisotopic (exact) mass is 254 g/mol. The van der Waals surface area contributed by atoms with Gasteiger partial charge in [0.25, 0.3) is 0 Å². The predicted octanol–water partition coefficient (Wildman–Crippen LogP) is 2.00. The number of nitrogens with one attached hydrogen (secondary N) is 1. The van der Waals surface area contributed by atoms with Crippen molar-refractivity contribution in [1.82, 2.24) is 5.32 Å². The molecule has 2 aliphatic carbocycles. The maximum Gasteiger partial charge on any atom is 0.233 e. The first kappa shape index (κ1) is 12.8. The van der Waals surface area contributed by atoms with Crippen LogP contribution in [0.2, 0.25) is 0 Å². The average Bonchev–Trinajstić information content (AvgIpc) is 2.69. The van der Waals surface area contributed by atoms with Gasteiger partial charge in [-0.2, -0.15) is 0 Å². The lowest BCUT2D eigenvalue weighted by atomic mass is 9.85. The van der Waals surface area contributed by atoms with E-state index >= 15 is 0 Å². The molecule has 0 radical (unpaired) electrons. The van der Waals surface area contributed by atoms with Gasteiger partial charge in [0, 0.05) is 6.54 Å². The summed E-state index contributed by atoms with van der Waals surface area (Å²) in [7, 11) is 0. The number of thiocarbonyl (C=S) groups is 1. The summed E-state index contributed by atoms with van der Waals surface area (Å²) in [6.07, 6.45) is 4.96. The van der Waals surface area contributed by atoms with Gasteiger partial charge in [-0.3, -0.25) is 4.79 Å². The van der Waals surface area contributed by atoms with Crippen LogP contribution in [0.4, 0.5) is 0 Å². The maximum absolute atomic E-state index is 12.3. The van der Waals surface area contributed by atoms with Gasteiger partial charge in [-0.15, -0.1) is 0 Å². The Hall–Kier alpha value is -0.640. The van der Waals surface area contributed by atoms with Gasteiger partial charge >= 0.3 is 0 Å². The number of rotatable bonds is 4. The lowest BCUT2D eigenvalue weighted by molar-refractivity contribution is -0.127. The van der Waals surface area contributed by atoms with Crippen molar-refractivity contribution in [2.75, 3.05) is 6.54 Å². The molecule has 0 aromatic rings. The molecule has 0 aliphatic heterocycles. The fourth-order valence-corrected chi connectivity index (χ4v) is 3.17. The van der Waals surface area contributed by atoms with Gasteiger partial charge < -0.3 is 11.1 Å². The smallest absolute Gasteiger partial charge is 0.233 e. The van der Waals surface area contributed by atoms with E-state index in [1.807, 2.05) is 0 Å². The number of carbonyl (C=O) groups is 1. The number of amides is 1. The molecule has 0 spiro atoms. The van der Waals surface area contributed by atoms with E-state index < -0.39 is 5.41 Å². The summed E-state index contributed by atoms with van der Waals surface area (Å²) in [5, 5.41) is 3.06. The molecule has 3 nitrogen and oxygen atoms in total. The van der Waals surface area contributed by atoms with Crippen LogP contribution in [-0.2, 0) is 4.79 Å². The number of nitrogens with two attached hydrogens (primary N) is 1. The Balaban J connectivity index is 1.92. The lowest BCUT2D eigenvalue weighted by Crippen LogP contribution is -2.47. The van der Waals surface area contributed by atoms with Gasteiger partial charge in [0.05, 0.1) is 10.4 Å². The molecule has 17 heavy (non-hydrogen) atoms. The number of carbonyl (C=O) groups excluding carboxylic acids is 1. The zero-order valence-corrected chi connectivity index (χ0v) is 11.5. The van der Waals surface area contributed by atoms with Gasteiger partial charge in [-0.05, 0) is 30.6 Å². The fraction of sp³-hybridized carbons (Fsp3) is 0.846. The largest absolute Gasteiger partial charge is 0.392 e. The molecule has 3 N–H and O–H groups in total. The summed E-state index contributed by atoms with van der Waals surface area (Å²) in [6, 6.07) is 0. The molecular formula is C13H22N2OS. The second-order valence-corrected chi connectivity index (χ2v) is 6.69. The third-order valence-electron chi connectivity index (χ3n) is 4.59. The molecule has 4 heteroatoms. The van der Waals surface area contributed by atoms with Crippen LogP contribution in [0.3, 0.4) is 0 Å². The Morgan fingerprint density at radius 1 is 1.41 bits per heavy atom. The predicted molar refractivity (Wildman–Crippen MR) is 72.6 cm³/mol. The van der Waals surface area contributed by atoms with Crippen molar-refractivity contribution < 1.29 is 4.79 Å². The minimum atomic E-state index is -0.547. The van der Waals surface area contributed by atoms with Crippen molar-refractivity contribution in [3.05, 3.63) is 0 Å². The summed E-state index contributed by atoms with van der Waals surface area (Å²) < 4.78 is 0. The average molecular weight is 254 g/mol. The highest BCUT2D eigenvalue weighted by Crippen LogP contribution is 2.51. The van der Waals surface area contributed by atoms with E-state index in [1.165, 1.54) is 6.42 Å². The van der Waals surface area contributed by atoms with E-state index in [-0.39, 0.29) is 5.91 Å². The quantitative estimate of drug-likeness (QED) is 0.754. The third-order valence-corrected chi connectivity index (χ3v) is 4.98. The molecule has 2 aliphatic rings. The van der Waals surface area contributed by atoms with Gasteiger partial charge in [0.15, 0.2) is 0 Å². The first-order valence-corrected chi connectivity index (χ1v) is 6.87. The van der Waals surface area contributed by atoms with E-state index in [1.54, 1.807) is 0 Å². The first-order valence-electron chi connectivity index (χ1n) is 6.47. The lowest BCUT2D eigenvalue weighted by Gasteiger charge is -2.26. The summed E-state index contributed by atoms with van der Waals surface area (Å²) in [5.74, 6) is 0.682. The summed E-state index contributed by atoms with van der Waals surface area (Å²) >= 11 is 5.10. The van der Waals surface area contributed by atoms with Crippen LogP contribution in [0.15, 0.2) is 0 Å². The molecule has 2 fully saturated rings. The molecule has 1 unspecified atom stereocenters. The van der Waals surface area contributed by atoms with Crippen molar-refractivity contribution >= 4 is 23.1 Å². The Morgan fingerprint density at radius 2 is 1.94 bits per heavy atom. The van der Waals surface area contributed by atoms with Gasteiger partial charge in [-0.1, -0.05) is 38.9 Å². The highest BCUT2D eigenvalue weighted by atomic mass is 32.1. The van der Waals surface area contributed by atoms with Crippen LogP contribution in [0.5, 0.6) is 0 Å². The van der Waals surface area contributed by atoms with Crippen molar-refractivity contribution in [3.8, 4) is 0 Å². The van der Waals surface area contributed by atoms with Crippen LogP contribution in [0.25, 0.3) is 0 Å². The first-order chi connectivity index (χ1) is 7.88. The molecule has 0 saturated heterocycles. The highest BCUT2D eigenvalue weighted by Gasteiger charge is 2.48. The summed E-state index contributed by atoms with van der Waals surface area (Å²) in [4.78, 5) is 12.7. The third kappa shape index (κ3) is 2.32. The zero-order valence-electron chi connectivity index (χ0n) is 10.7. The van der Waals surface area contributed by atoms with Crippen LogP contribution >= 0.6 is 12.2 Å². The number of hydrogen-bond acceptors (Lipinski definition) is 2. The van der Waals surface area contributed by atoms with Crippen LogP contribution in [0.1, 0.15) is 46.0 Å². The molecule has 1 atom stereocenters. The minimum absolute atomic E-state index is 0.0604. The molecule has 0 aromatic heterocycles. The topological polar surface area (TPSA) is 55.1 Å². The van der Waals surface area contributed by atoms with Gasteiger partial charge in [0.1, 0.15) is 0 Å². The second-order valence-electron chi connectivity index (χ2n) is 6.25. The molecule has 0 heterocycles. The van der Waals surface area contributed by atoms with E-state index in [0.717, 1.165) is 32.2 Å². The molecular weight excluding hydrogens is 232 g/mol. The van der Waals surface area contributed by atoms with Crippen molar-refractivity contribution in [1.29, 1.82) is 0 Å². The number of hydrogen-bond donors (Lipinski definition) is 2. The molecule has 0 bridgehead atoms. The standard InChI is InChI=1S/C13H22N2OS/c1-12(2)7-9(12)8-15-11(16)13(10(14)17)5-3-4-6-13/h9H,3-8H2,1-2H3,(H2,14,17)(H,15,16). The van der Waals surface area contributed by atoms with Crippen molar-refractivity contribution in [2.24, 2.45) is 22.5 Å². The molecule has 2 rings (SSSR count). The SMILES string of the molecule is CC1(C)CC1CNC(=O)C1(C(N)=S)CCCC1. The Morgan fingerprint density at radius 3 is 2.35 bits per heavy atom. The fourth-order valence-electron chi connectivity index (χ4n) is 2.87. The zero-order chi connectivity index (χ0) is 12.7. The van der Waals surface area contributed by atoms with E-state index in [0.29, 0.717) is 16.3 Å². The van der Waals surface area contributed by atoms with Crippen LogP contribution in [-0.4, -0.2) is 17.4 Å². The molecule has 2 saturated carbocycles. The van der Waals surface area contributed by atoms with E-state index in [2.05, 4.69) is 19.2 Å². The molecule has 96 valence electrons. The minimum Gasteiger partial charge on any atom is -0.392 e. The second kappa shape index (κ2) is 4.23. The van der Waals surface area contributed by atoms with Crippen molar-refractivity contribution in [3.63, 3.8) is 0 Å². The van der Waals surface area contributed by atoms with Crippen LogP contribution < -0.4 is 11.1 Å². The normalized spacial score (nSPS) is 28.7. The Labute approximate surface area is 109 Å². The summed E-state index contributed by atoms with van der Waals surface area (Å²) in [5.41, 5.74) is 5.63.